The Morgan fingerprint density at radius 3 is 2.08 bits per heavy atom. The van der Waals surface area contributed by atoms with E-state index in [1.165, 1.54) is 20.6 Å². The molecule has 1 unspecified atom stereocenters. The zero-order valence-electron chi connectivity index (χ0n) is 34.5. The Bertz CT molecular complexity index is 3330. The van der Waals surface area contributed by atoms with E-state index in [4.69, 9.17) is 10.2 Å². The van der Waals surface area contributed by atoms with E-state index in [9.17, 15) is 19.2 Å². The summed E-state index contributed by atoms with van der Waals surface area (Å²) < 4.78 is 6.49. The van der Waals surface area contributed by atoms with E-state index in [-0.39, 0.29) is 34.3 Å². The van der Waals surface area contributed by atoms with Gasteiger partial charge in [0, 0.05) is 72.0 Å². The zero-order valence-corrected chi connectivity index (χ0v) is 34.5. The lowest BCUT2D eigenvalue weighted by Crippen LogP contribution is -2.42. The summed E-state index contributed by atoms with van der Waals surface area (Å²) in [6.45, 7) is 5.41. The Labute approximate surface area is 354 Å². The molecular formula is C48H42N10O4. The highest BCUT2D eigenvalue weighted by atomic mass is 16.2. The van der Waals surface area contributed by atoms with Crippen LogP contribution in [0.2, 0.25) is 0 Å². The Kier molecular flexibility index (Phi) is 9.54. The van der Waals surface area contributed by atoms with Crippen molar-refractivity contribution in [3.63, 3.8) is 0 Å². The normalized spacial score (nSPS) is 14.3. The van der Waals surface area contributed by atoms with Crippen LogP contribution in [-0.4, -0.2) is 75.0 Å². The summed E-state index contributed by atoms with van der Waals surface area (Å²) in [6.07, 6.45) is 4.48. The van der Waals surface area contributed by atoms with Crippen LogP contribution in [0, 0.1) is 12.8 Å². The van der Waals surface area contributed by atoms with Crippen LogP contribution in [0.1, 0.15) is 46.3 Å². The lowest BCUT2D eigenvalue weighted by molar-refractivity contribution is 0.0658. The highest BCUT2D eigenvalue weighted by Gasteiger charge is 2.33. The Morgan fingerprint density at radius 1 is 0.742 bits per heavy atom. The van der Waals surface area contributed by atoms with Crippen molar-refractivity contribution < 1.29 is 9.59 Å². The molecule has 308 valence electrons. The number of carbonyl (C=O) groups excluding carboxylic acids is 2. The first-order valence-corrected chi connectivity index (χ1v) is 20.8. The van der Waals surface area contributed by atoms with Gasteiger partial charge in [0.1, 0.15) is 23.2 Å². The molecular weight excluding hydrogens is 781 g/mol. The van der Waals surface area contributed by atoms with Crippen molar-refractivity contribution in [2.75, 3.05) is 24.5 Å². The predicted octanol–water partition coefficient (Wildman–Crippen LogP) is 6.85. The molecule has 62 heavy (non-hydrogen) atoms. The van der Waals surface area contributed by atoms with Crippen LogP contribution in [0.25, 0.3) is 55.0 Å². The second-order valence-electron chi connectivity index (χ2n) is 15.8. The fourth-order valence-electron chi connectivity index (χ4n) is 9.12. The van der Waals surface area contributed by atoms with E-state index in [0.717, 1.165) is 33.8 Å². The fraction of sp³-hybridized carbons (Fsp3) is 0.208. The molecule has 1 fully saturated rings. The minimum Gasteiger partial charge on any atom is -0.339 e. The average molecular weight is 823 g/mol. The molecule has 0 spiro atoms. The third-order valence-electron chi connectivity index (χ3n) is 12.1. The van der Waals surface area contributed by atoms with E-state index >= 15 is 0 Å². The molecule has 2 amide bonds. The maximum atomic E-state index is 15.0. The summed E-state index contributed by atoms with van der Waals surface area (Å²) >= 11 is 0. The Balaban J connectivity index is 1.09. The maximum absolute atomic E-state index is 15.0. The minimum atomic E-state index is -0.405. The molecule has 0 bridgehead atoms. The van der Waals surface area contributed by atoms with Crippen molar-refractivity contribution in [2.45, 2.75) is 33.2 Å². The summed E-state index contributed by atoms with van der Waals surface area (Å²) in [5.74, 6) is -0.340. The van der Waals surface area contributed by atoms with Crippen LogP contribution in [0.15, 0.2) is 131 Å². The maximum Gasteiger partial charge on any atom is 0.296 e. The van der Waals surface area contributed by atoms with Gasteiger partial charge < -0.3 is 14.0 Å². The van der Waals surface area contributed by atoms with Crippen LogP contribution >= 0.6 is 0 Å². The van der Waals surface area contributed by atoms with Crippen molar-refractivity contribution in [3.05, 3.63) is 159 Å². The number of hydrogen-bond donors (Lipinski definition) is 0. The number of benzene rings is 4. The molecule has 1 aliphatic heterocycles. The second-order valence-corrected chi connectivity index (χ2v) is 15.8. The number of amides is 2. The number of carbonyl (C=O) groups is 2. The van der Waals surface area contributed by atoms with Gasteiger partial charge in [0.15, 0.2) is 11.4 Å². The molecule has 1 atom stereocenters. The van der Waals surface area contributed by atoms with Gasteiger partial charge in [0.05, 0.1) is 11.4 Å². The van der Waals surface area contributed by atoms with E-state index in [2.05, 4.69) is 9.97 Å². The minimum absolute atomic E-state index is 0.0808. The Hall–Kier alpha value is -7.74. The SMILES string of the molecule is CCN(C(=O)c1nn(-c2ccccc2)c(=O)c2c1c1ccccc1n2CC1CCCN(C(=O)c2nn(-c3ccc(C)cc3)c(=O)c3c2c2ccccc2n3C)C1)c1ccncn1. The highest BCUT2D eigenvalue weighted by Crippen LogP contribution is 2.34. The first kappa shape index (κ1) is 38.5. The van der Waals surface area contributed by atoms with Gasteiger partial charge in [0.25, 0.3) is 22.9 Å². The smallest absolute Gasteiger partial charge is 0.296 e. The van der Waals surface area contributed by atoms with Crippen LogP contribution in [-0.2, 0) is 13.6 Å². The summed E-state index contributed by atoms with van der Waals surface area (Å²) in [5.41, 5.74) is 4.12. The molecule has 4 aromatic carbocycles. The van der Waals surface area contributed by atoms with Crippen molar-refractivity contribution in [1.29, 1.82) is 0 Å². The van der Waals surface area contributed by atoms with Crippen molar-refractivity contribution in [2.24, 2.45) is 13.0 Å². The predicted molar refractivity (Wildman–Crippen MR) is 239 cm³/mol. The molecule has 6 heterocycles. The zero-order chi connectivity index (χ0) is 42.6. The number of rotatable bonds is 8. The largest absolute Gasteiger partial charge is 0.339 e. The molecule has 0 radical (unpaired) electrons. The van der Waals surface area contributed by atoms with Crippen LogP contribution in [0.4, 0.5) is 5.82 Å². The molecule has 1 saturated heterocycles. The molecule has 14 heteroatoms. The Morgan fingerprint density at radius 2 is 1.37 bits per heavy atom. The quantitative estimate of drug-likeness (QED) is 0.162. The van der Waals surface area contributed by atoms with Gasteiger partial charge in [-0.05, 0) is 75.1 Å². The van der Waals surface area contributed by atoms with Gasteiger partial charge in [-0.2, -0.15) is 19.6 Å². The van der Waals surface area contributed by atoms with Crippen LogP contribution < -0.4 is 16.0 Å². The van der Waals surface area contributed by atoms with Crippen molar-refractivity contribution >= 4 is 61.2 Å². The number of likely N-dealkylation sites (tertiary alicyclic amines) is 1. The van der Waals surface area contributed by atoms with E-state index in [0.29, 0.717) is 71.6 Å². The number of piperidine rings is 1. The van der Waals surface area contributed by atoms with Gasteiger partial charge in [-0.15, -0.1) is 0 Å². The second kappa shape index (κ2) is 15.4. The molecule has 0 aliphatic carbocycles. The molecule has 0 N–H and O–H groups in total. The van der Waals surface area contributed by atoms with Crippen molar-refractivity contribution in [3.8, 4) is 11.4 Å². The summed E-state index contributed by atoms with van der Waals surface area (Å²) in [7, 11) is 1.85. The number of hydrogen-bond acceptors (Lipinski definition) is 8. The summed E-state index contributed by atoms with van der Waals surface area (Å²) in [4.78, 5) is 70.5. The molecule has 5 aromatic heterocycles. The highest BCUT2D eigenvalue weighted by molar-refractivity contribution is 6.20. The number of anilines is 1. The molecule has 1 aliphatic rings. The van der Waals surface area contributed by atoms with Crippen LogP contribution in [0.5, 0.6) is 0 Å². The fourth-order valence-corrected chi connectivity index (χ4v) is 9.12. The molecule has 14 nitrogen and oxygen atoms in total. The number of aromatic nitrogens is 8. The third kappa shape index (κ3) is 6.25. The van der Waals surface area contributed by atoms with Gasteiger partial charge >= 0.3 is 0 Å². The first-order valence-electron chi connectivity index (χ1n) is 20.8. The van der Waals surface area contributed by atoms with Gasteiger partial charge in [-0.3, -0.25) is 24.1 Å². The molecule has 10 rings (SSSR count). The third-order valence-corrected chi connectivity index (χ3v) is 12.1. The van der Waals surface area contributed by atoms with Gasteiger partial charge in [0.2, 0.25) is 0 Å². The average Bonchev–Trinajstić information content (AvgIpc) is 3.80. The number of aryl methyl sites for hydroxylation is 2. The summed E-state index contributed by atoms with van der Waals surface area (Å²) in [6, 6.07) is 33.6. The topological polar surface area (TPSA) is 146 Å². The number of nitrogens with zero attached hydrogens (tertiary/aromatic N) is 10. The molecule has 9 aromatic rings. The number of para-hydroxylation sites is 3. The summed E-state index contributed by atoms with van der Waals surface area (Å²) in [5, 5.41) is 12.1. The number of fused-ring (bicyclic) bond motifs is 6. The lowest BCUT2D eigenvalue weighted by Gasteiger charge is -2.33. The van der Waals surface area contributed by atoms with Crippen molar-refractivity contribution in [1.82, 2.24) is 43.6 Å². The molecule has 0 saturated carbocycles. The van der Waals surface area contributed by atoms with E-state index < -0.39 is 5.91 Å². The van der Waals surface area contributed by atoms with E-state index in [1.54, 1.807) is 24.4 Å². The van der Waals surface area contributed by atoms with E-state index in [1.807, 2.05) is 126 Å². The monoisotopic (exact) mass is 822 g/mol. The first-order chi connectivity index (χ1) is 30.2. The van der Waals surface area contributed by atoms with Gasteiger partial charge in [-0.25, -0.2) is 9.97 Å². The standard InChI is InChI=1S/C48H42N10O4/c1-4-55(38-24-25-49-29-50-38)46(60)42-40-35-17-9-11-19-37(35)56(44(40)48(62)57(52-42)32-14-6-5-7-15-32)28-31-13-12-26-54(27-31)45(59)41-39-34-16-8-10-18-36(34)53(3)43(39)47(61)58(51-41)33-22-20-30(2)21-23-33/h5-11,14-25,29,31H,4,12-13,26-28H2,1-3H3. The lowest BCUT2D eigenvalue weighted by atomic mass is 9.97. The van der Waals surface area contributed by atoms with Crippen LogP contribution in [0.3, 0.4) is 0 Å². The van der Waals surface area contributed by atoms with Gasteiger partial charge in [-0.1, -0.05) is 72.3 Å².